The molecule has 70 valence electrons. The van der Waals surface area contributed by atoms with Crippen molar-refractivity contribution < 1.29 is 9.47 Å². The lowest BCUT2D eigenvalue weighted by molar-refractivity contribution is 0.00771. The van der Waals surface area contributed by atoms with Crippen molar-refractivity contribution in [2.24, 2.45) is 5.73 Å². The van der Waals surface area contributed by atoms with Gasteiger partial charge in [0.05, 0.1) is 24.8 Å². The summed E-state index contributed by atoms with van der Waals surface area (Å²) < 4.78 is 10.2. The topological polar surface area (TPSA) is 68.3 Å². The molecule has 4 heteroatoms. The van der Waals surface area contributed by atoms with E-state index >= 15 is 0 Å². The van der Waals surface area contributed by atoms with Gasteiger partial charge in [-0.05, 0) is 13.3 Å². The third-order valence-corrected chi connectivity index (χ3v) is 1.40. The second kappa shape index (κ2) is 7.04. The molecule has 0 heterocycles. The zero-order chi connectivity index (χ0) is 9.40. The predicted molar refractivity (Wildman–Crippen MR) is 45.5 cm³/mol. The van der Waals surface area contributed by atoms with Gasteiger partial charge in [0.15, 0.2) is 0 Å². The molecule has 0 fully saturated rings. The van der Waals surface area contributed by atoms with Crippen molar-refractivity contribution in [2.75, 3.05) is 20.3 Å². The summed E-state index contributed by atoms with van der Waals surface area (Å²) in [5, 5.41) is 8.35. The van der Waals surface area contributed by atoms with Crippen LogP contribution < -0.4 is 5.73 Å². The van der Waals surface area contributed by atoms with Crippen LogP contribution in [0.4, 0.5) is 0 Å². The fourth-order valence-electron chi connectivity index (χ4n) is 0.744. The molecule has 2 N–H and O–H groups in total. The van der Waals surface area contributed by atoms with Gasteiger partial charge in [0.25, 0.3) is 0 Å². The van der Waals surface area contributed by atoms with Crippen molar-refractivity contribution in [1.82, 2.24) is 0 Å². The Hall–Kier alpha value is -0.630. The number of hydrogen-bond acceptors (Lipinski definition) is 4. The number of hydrogen-bond donors (Lipinski definition) is 1. The van der Waals surface area contributed by atoms with Crippen LogP contribution in [0.3, 0.4) is 0 Å². The third kappa shape index (κ3) is 6.10. The summed E-state index contributed by atoms with van der Waals surface area (Å²) in [6.07, 6.45) is 0.644. The molecule has 0 aliphatic rings. The maximum absolute atomic E-state index is 8.35. The smallest absolute Gasteiger partial charge is 0.0950 e. The van der Waals surface area contributed by atoms with Crippen LogP contribution in [0.15, 0.2) is 0 Å². The Balaban J connectivity index is 3.25. The maximum Gasteiger partial charge on any atom is 0.0950 e. The number of rotatable bonds is 6. The van der Waals surface area contributed by atoms with Gasteiger partial charge in [-0.2, -0.15) is 5.26 Å². The number of nitrogens with zero attached hydrogens (tertiary/aromatic N) is 1. The average molecular weight is 172 g/mol. The first kappa shape index (κ1) is 11.4. The van der Waals surface area contributed by atoms with E-state index in [1.54, 1.807) is 7.11 Å². The van der Waals surface area contributed by atoms with E-state index in [2.05, 4.69) is 0 Å². The summed E-state index contributed by atoms with van der Waals surface area (Å²) in [6, 6.07) is 1.52. The van der Waals surface area contributed by atoms with Crippen LogP contribution in [0.1, 0.15) is 13.3 Å². The van der Waals surface area contributed by atoms with Crippen molar-refractivity contribution in [3.63, 3.8) is 0 Å². The van der Waals surface area contributed by atoms with Gasteiger partial charge >= 0.3 is 0 Å². The van der Waals surface area contributed by atoms with Gasteiger partial charge in [0.1, 0.15) is 0 Å². The monoisotopic (exact) mass is 172 g/mol. The lowest BCUT2D eigenvalue weighted by Crippen LogP contribution is -2.22. The lowest BCUT2D eigenvalue weighted by atomic mass is 10.2. The highest BCUT2D eigenvalue weighted by atomic mass is 16.5. The van der Waals surface area contributed by atoms with Gasteiger partial charge in [-0.3, -0.25) is 0 Å². The Labute approximate surface area is 73.3 Å². The van der Waals surface area contributed by atoms with Crippen LogP contribution in [-0.4, -0.2) is 32.5 Å². The van der Waals surface area contributed by atoms with Crippen molar-refractivity contribution in [3.05, 3.63) is 0 Å². The predicted octanol–water partition coefficient (Wildman–Crippen LogP) is 0.279. The van der Waals surface area contributed by atoms with Crippen LogP contribution in [-0.2, 0) is 9.47 Å². The summed E-state index contributed by atoms with van der Waals surface area (Å²) in [5.74, 6) is 0. The maximum atomic E-state index is 8.35. The fourth-order valence-corrected chi connectivity index (χ4v) is 0.744. The zero-order valence-electron chi connectivity index (χ0n) is 7.62. The highest BCUT2D eigenvalue weighted by Gasteiger charge is 2.03. The van der Waals surface area contributed by atoms with E-state index in [1.807, 2.05) is 13.0 Å². The molecule has 4 nitrogen and oxygen atoms in total. The summed E-state index contributed by atoms with van der Waals surface area (Å²) in [6.45, 7) is 3.00. The summed E-state index contributed by atoms with van der Waals surface area (Å²) in [5.41, 5.74) is 5.36. The molecule has 0 aromatic heterocycles. The number of nitriles is 1. The van der Waals surface area contributed by atoms with Gasteiger partial charge < -0.3 is 15.2 Å². The quantitative estimate of drug-likeness (QED) is 0.624. The molecular formula is C8H16N2O2. The molecule has 0 spiro atoms. The molecule has 0 amide bonds. The molecule has 0 radical (unpaired) electrons. The molecule has 0 aromatic rings. The SMILES string of the molecule is COCC(C)OCCC(N)C#N. The second-order valence-electron chi connectivity index (χ2n) is 2.66. The van der Waals surface area contributed by atoms with E-state index in [0.717, 1.165) is 0 Å². The highest BCUT2D eigenvalue weighted by Crippen LogP contribution is 1.94. The average Bonchev–Trinajstić information content (AvgIpc) is 2.04. The standard InChI is InChI=1S/C8H16N2O2/c1-7(6-11-2)12-4-3-8(10)5-9/h7-8H,3-4,6,10H2,1-2H3. The number of ether oxygens (including phenoxy) is 2. The molecule has 0 bridgehead atoms. The first-order valence-electron chi connectivity index (χ1n) is 3.96. The minimum Gasteiger partial charge on any atom is -0.382 e. The van der Waals surface area contributed by atoms with Gasteiger partial charge in [0, 0.05) is 13.7 Å². The van der Waals surface area contributed by atoms with E-state index in [4.69, 9.17) is 20.5 Å². The van der Waals surface area contributed by atoms with E-state index < -0.39 is 6.04 Å². The van der Waals surface area contributed by atoms with Crippen molar-refractivity contribution in [1.29, 1.82) is 5.26 Å². The fraction of sp³-hybridized carbons (Fsp3) is 0.875. The summed E-state index contributed by atoms with van der Waals surface area (Å²) in [4.78, 5) is 0. The van der Waals surface area contributed by atoms with Crippen LogP contribution in [0.5, 0.6) is 0 Å². The van der Waals surface area contributed by atoms with E-state index in [9.17, 15) is 0 Å². The molecule has 2 unspecified atom stereocenters. The van der Waals surface area contributed by atoms with Gasteiger partial charge in [-0.25, -0.2) is 0 Å². The highest BCUT2D eigenvalue weighted by molar-refractivity contribution is 4.85. The van der Waals surface area contributed by atoms with Crippen LogP contribution in [0, 0.1) is 11.3 Å². The van der Waals surface area contributed by atoms with Crippen LogP contribution in [0.25, 0.3) is 0 Å². The molecule has 0 aliphatic heterocycles. The molecule has 0 rings (SSSR count). The number of methoxy groups -OCH3 is 1. The Kier molecular flexibility index (Phi) is 6.67. The van der Waals surface area contributed by atoms with Gasteiger partial charge in [0.2, 0.25) is 0 Å². The van der Waals surface area contributed by atoms with E-state index in [-0.39, 0.29) is 6.10 Å². The Morgan fingerprint density at radius 2 is 2.25 bits per heavy atom. The Morgan fingerprint density at radius 3 is 2.75 bits per heavy atom. The lowest BCUT2D eigenvalue weighted by Gasteiger charge is -2.11. The van der Waals surface area contributed by atoms with Crippen LogP contribution in [0.2, 0.25) is 0 Å². The van der Waals surface area contributed by atoms with E-state index in [1.165, 1.54) is 0 Å². The Bertz CT molecular complexity index is 144. The molecule has 2 atom stereocenters. The first-order chi connectivity index (χ1) is 5.70. The largest absolute Gasteiger partial charge is 0.382 e. The molecular weight excluding hydrogens is 156 g/mol. The molecule has 0 saturated carbocycles. The second-order valence-corrected chi connectivity index (χ2v) is 2.66. The Morgan fingerprint density at radius 1 is 1.58 bits per heavy atom. The zero-order valence-corrected chi connectivity index (χ0v) is 7.62. The van der Waals surface area contributed by atoms with Crippen LogP contribution >= 0.6 is 0 Å². The molecule has 0 aliphatic carbocycles. The van der Waals surface area contributed by atoms with Crippen molar-refractivity contribution >= 4 is 0 Å². The minimum atomic E-state index is -0.417. The van der Waals surface area contributed by atoms with Gasteiger partial charge in [-0.15, -0.1) is 0 Å². The van der Waals surface area contributed by atoms with Crippen molar-refractivity contribution in [2.45, 2.75) is 25.5 Å². The van der Waals surface area contributed by atoms with Gasteiger partial charge in [-0.1, -0.05) is 0 Å². The third-order valence-electron chi connectivity index (χ3n) is 1.40. The first-order valence-corrected chi connectivity index (χ1v) is 3.96. The van der Waals surface area contributed by atoms with E-state index in [0.29, 0.717) is 19.6 Å². The van der Waals surface area contributed by atoms with Crippen molar-refractivity contribution in [3.8, 4) is 6.07 Å². The summed E-state index contributed by atoms with van der Waals surface area (Å²) in [7, 11) is 1.63. The minimum absolute atomic E-state index is 0.0703. The normalized spacial score (nSPS) is 15.2. The summed E-state index contributed by atoms with van der Waals surface area (Å²) >= 11 is 0. The molecule has 0 aromatic carbocycles. The number of nitrogens with two attached hydrogens (primary N) is 1. The molecule has 12 heavy (non-hydrogen) atoms. The molecule has 0 saturated heterocycles.